The Morgan fingerprint density at radius 3 is 2.40 bits per heavy atom. The van der Waals surface area contributed by atoms with E-state index in [1.165, 1.54) is 43.5 Å². The first-order chi connectivity index (χ1) is 9.63. The van der Waals surface area contributed by atoms with Gasteiger partial charge in [-0.25, -0.2) is 0 Å². The summed E-state index contributed by atoms with van der Waals surface area (Å²) in [4.78, 5) is 2.60. The summed E-state index contributed by atoms with van der Waals surface area (Å²) in [6.45, 7) is 10.1. The van der Waals surface area contributed by atoms with E-state index in [1.807, 2.05) is 0 Å². The van der Waals surface area contributed by atoms with Crippen LogP contribution in [0.15, 0.2) is 24.3 Å². The van der Waals surface area contributed by atoms with Gasteiger partial charge in [-0.3, -0.25) is 4.90 Å². The number of likely N-dealkylation sites (tertiary alicyclic amines) is 1. The first-order valence-electron chi connectivity index (χ1n) is 8.15. The molecule has 1 heterocycles. The highest BCUT2D eigenvalue weighted by Gasteiger charge is 2.31. The molecule has 2 heteroatoms. The molecule has 1 unspecified atom stereocenters. The lowest BCUT2D eigenvalue weighted by molar-refractivity contribution is 0.0826. The first-order valence-corrected chi connectivity index (χ1v) is 8.15. The Labute approximate surface area is 124 Å². The molecule has 1 aliphatic heterocycles. The Balaban J connectivity index is 2.13. The van der Waals surface area contributed by atoms with E-state index in [2.05, 4.69) is 49.9 Å². The summed E-state index contributed by atoms with van der Waals surface area (Å²) >= 11 is 0. The van der Waals surface area contributed by atoms with Gasteiger partial charge in [0.05, 0.1) is 0 Å². The zero-order valence-electron chi connectivity index (χ0n) is 13.4. The van der Waals surface area contributed by atoms with Crippen LogP contribution in [0.3, 0.4) is 0 Å². The summed E-state index contributed by atoms with van der Waals surface area (Å²) < 4.78 is 0. The number of hydrogen-bond acceptors (Lipinski definition) is 2. The molecule has 0 spiro atoms. The molecule has 0 amide bonds. The fraction of sp³-hybridized carbons (Fsp3) is 0.667. The largest absolute Gasteiger partial charge is 0.329 e. The average molecular weight is 274 g/mol. The van der Waals surface area contributed by atoms with Crippen LogP contribution >= 0.6 is 0 Å². The number of aryl methyl sites for hydroxylation is 1. The second kappa shape index (κ2) is 6.73. The van der Waals surface area contributed by atoms with Crippen LogP contribution in [-0.2, 0) is 6.42 Å². The molecule has 112 valence electrons. The summed E-state index contributed by atoms with van der Waals surface area (Å²) in [5.41, 5.74) is 9.55. The average Bonchev–Trinajstić information content (AvgIpc) is 2.50. The van der Waals surface area contributed by atoms with Crippen molar-refractivity contribution in [1.82, 2.24) is 4.90 Å². The number of rotatable bonds is 5. The van der Waals surface area contributed by atoms with Gasteiger partial charge >= 0.3 is 0 Å². The Bertz CT molecular complexity index is 419. The van der Waals surface area contributed by atoms with Crippen molar-refractivity contribution >= 4 is 0 Å². The molecular weight excluding hydrogens is 244 g/mol. The summed E-state index contributed by atoms with van der Waals surface area (Å²) in [6.07, 6.45) is 4.98. The molecule has 20 heavy (non-hydrogen) atoms. The summed E-state index contributed by atoms with van der Waals surface area (Å²) in [5, 5.41) is 0. The molecule has 2 rings (SSSR count). The summed E-state index contributed by atoms with van der Waals surface area (Å²) in [6, 6.07) is 9.20. The molecule has 2 N–H and O–H groups in total. The van der Waals surface area contributed by atoms with E-state index in [0.717, 1.165) is 13.0 Å². The van der Waals surface area contributed by atoms with E-state index in [4.69, 9.17) is 5.73 Å². The molecule has 0 radical (unpaired) electrons. The Kier molecular flexibility index (Phi) is 5.22. The summed E-state index contributed by atoms with van der Waals surface area (Å²) in [5.74, 6) is 0. The third-order valence-electron chi connectivity index (χ3n) is 5.32. The van der Waals surface area contributed by atoms with Gasteiger partial charge in [0.25, 0.3) is 0 Å². The molecule has 1 saturated heterocycles. The number of benzene rings is 1. The minimum absolute atomic E-state index is 0.396. The second-order valence-electron chi connectivity index (χ2n) is 6.50. The fourth-order valence-corrected chi connectivity index (χ4v) is 3.38. The van der Waals surface area contributed by atoms with Crippen molar-refractivity contribution in [3.8, 4) is 0 Å². The highest BCUT2D eigenvalue weighted by molar-refractivity contribution is 5.30. The van der Waals surface area contributed by atoms with Gasteiger partial charge in [0.2, 0.25) is 0 Å². The topological polar surface area (TPSA) is 29.3 Å². The van der Waals surface area contributed by atoms with Gasteiger partial charge in [0, 0.05) is 12.6 Å². The van der Waals surface area contributed by atoms with Crippen molar-refractivity contribution in [2.75, 3.05) is 19.6 Å². The molecular formula is C18H30N2. The second-order valence-corrected chi connectivity index (χ2v) is 6.50. The molecule has 1 aromatic rings. The highest BCUT2D eigenvalue weighted by Crippen LogP contribution is 2.37. The molecule has 1 aromatic carbocycles. The van der Waals surface area contributed by atoms with Crippen LogP contribution in [0, 0.1) is 5.41 Å². The van der Waals surface area contributed by atoms with Crippen molar-refractivity contribution in [1.29, 1.82) is 0 Å². The Morgan fingerprint density at radius 1 is 1.20 bits per heavy atom. The molecule has 0 bridgehead atoms. The van der Waals surface area contributed by atoms with Crippen LogP contribution in [-0.4, -0.2) is 24.5 Å². The van der Waals surface area contributed by atoms with Crippen LogP contribution < -0.4 is 5.73 Å². The fourth-order valence-electron chi connectivity index (χ4n) is 3.38. The standard InChI is InChI=1S/C18H30N2/c1-4-15-8-6-7-9-16(15)17(14-19)20-12-10-18(3,5-2)11-13-20/h6-9,17H,4-5,10-14,19H2,1-3H3. The Hall–Kier alpha value is -0.860. The molecule has 0 aromatic heterocycles. The third-order valence-corrected chi connectivity index (χ3v) is 5.32. The normalized spacial score (nSPS) is 20.8. The van der Waals surface area contributed by atoms with E-state index >= 15 is 0 Å². The lowest BCUT2D eigenvalue weighted by Crippen LogP contribution is -2.43. The lowest BCUT2D eigenvalue weighted by Gasteiger charge is -2.42. The molecule has 0 aliphatic carbocycles. The van der Waals surface area contributed by atoms with Crippen molar-refractivity contribution in [2.24, 2.45) is 11.1 Å². The van der Waals surface area contributed by atoms with Crippen LogP contribution in [0.5, 0.6) is 0 Å². The van der Waals surface area contributed by atoms with E-state index in [1.54, 1.807) is 0 Å². The van der Waals surface area contributed by atoms with E-state index in [0.29, 0.717) is 11.5 Å². The smallest absolute Gasteiger partial charge is 0.0473 e. The lowest BCUT2D eigenvalue weighted by atomic mass is 9.77. The van der Waals surface area contributed by atoms with Gasteiger partial charge in [0.1, 0.15) is 0 Å². The van der Waals surface area contributed by atoms with Gasteiger partial charge in [0.15, 0.2) is 0 Å². The van der Waals surface area contributed by atoms with Crippen LogP contribution in [0.1, 0.15) is 57.2 Å². The van der Waals surface area contributed by atoms with Crippen LogP contribution in [0.2, 0.25) is 0 Å². The van der Waals surface area contributed by atoms with Crippen molar-refractivity contribution in [3.05, 3.63) is 35.4 Å². The molecule has 0 saturated carbocycles. The van der Waals surface area contributed by atoms with Crippen molar-refractivity contribution in [3.63, 3.8) is 0 Å². The predicted octanol–water partition coefficient (Wildman–Crippen LogP) is 3.76. The molecule has 1 fully saturated rings. The third kappa shape index (κ3) is 3.24. The van der Waals surface area contributed by atoms with Gasteiger partial charge in [-0.2, -0.15) is 0 Å². The first kappa shape index (κ1) is 15.5. The van der Waals surface area contributed by atoms with E-state index < -0.39 is 0 Å². The molecule has 1 atom stereocenters. The van der Waals surface area contributed by atoms with E-state index in [-0.39, 0.29) is 0 Å². The maximum absolute atomic E-state index is 6.12. The monoisotopic (exact) mass is 274 g/mol. The quantitative estimate of drug-likeness (QED) is 0.886. The van der Waals surface area contributed by atoms with Crippen LogP contribution in [0.4, 0.5) is 0 Å². The predicted molar refractivity (Wildman–Crippen MR) is 86.8 cm³/mol. The van der Waals surface area contributed by atoms with Gasteiger partial charge in [-0.1, -0.05) is 51.5 Å². The van der Waals surface area contributed by atoms with Crippen molar-refractivity contribution < 1.29 is 0 Å². The number of nitrogens with two attached hydrogens (primary N) is 1. The minimum atomic E-state index is 0.396. The van der Waals surface area contributed by atoms with Crippen molar-refractivity contribution in [2.45, 2.75) is 52.5 Å². The number of hydrogen-bond donors (Lipinski definition) is 1. The summed E-state index contributed by atoms with van der Waals surface area (Å²) in [7, 11) is 0. The molecule has 2 nitrogen and oxygen atoms in total. The van der Waals surface area contributed by atoms with Crippen LogP contribution in [0.25, 0.3) is 0 Å². The highest BCUT2D eigenvalue weighted by atomic mass is 15.2. The molecule has 1 aliphatic rings. The zero-order chi connectivity index (χ0) is 14.6. The van der Waals surface area contributed by atoms with Gasteiger partial charge in [-0.05, 0) is 48.9 Å². The Morgan fingerprint density at radius 2 is 1.85 bits per heavy atom. The number of nitrogens with zero attached hydrogens (tertiary/aromatic N) is 1. The van der Waals surface area contributed by atoms with E-state index in [9.17, 15) is 0 Å². The van der Waals surface area contributed by atoms with Gasteiger partial charge in [-0.15, -0.1) is 0 Å². The SMILES string of the molecule is CCc1ccccc1C(CN)N1CCC(C)(CC)CC1. The van der Waals surface area contributed by atoms with Gasteiger partial charge < -0.3 is 5.73 Å². The maximum Gasteiger partial charge on any atom is 0.0473 e. The number of piperidine rings is 1. The minimum Gasteiger partial charge on any atom is -0.329 e. The maximum atomic E-state index is 6.12. The zero-order valence-corrected chi connectivity index (χ0v) is 13.4.